The van der Waals surface area contributed by atoms with Crippen LogP contribution in [0.25, 0.3) is 0 Å². The molecule has 1 heterocycles. The van der Waals surface area contributed by atoms with Crippen molar-refractivity contribution in [3.05, 3.63) is 28.8 Å². The molecule has 49 valence electrons. The molecule has 5 nitrogen and oxygen atoms in total. The van der Waals surface area contributed by atoms with Gasteiger partial charge in [0, 0.05) is 0 Å². The summed E-state index contributed by atoms with van der Waals surface area (Å²) in [6.07, 6.45) is 1.33. The Morgan fingerprint density at radius 2 is 2.56 bits per heavy atom. The van der Waals surface area contributed by atoms with Gasteiger partial charge >= 0.3 is 5.82 Å². The minimum Gasteiger partial charge on any atom is -0.358 e. The molecule has 5 heteroatoms. The molecule has 0 spiro atoms. The van der Waals surface area contributed by atoms with E-state index < -0.39 is 4.92 Å². The lowest BCUT2D eigenvalue weighted by atomic mass is 10.7. The van der Waals surface area contributed by atoms with E-state index >= 15 is 0 Å². The molecule has 1 radical (unpaired) electrons. The standard InChI is InChI=1S/C4H6N3O2/c1-6-3-5-2-4(6)7(8)9/h2-3,5H,1H3. The molecule has 0 aromatic heterocycles. The Kier molecular flexibility index (Phi) is 1.26. The summed E-state index contributed by atoms with van der Waals surface area (Å²) in [7, 11) is 1.61. The van der Waals surface area contributed by atoms with E-state index in [0.29, 0.717) is 0 Å². The number of hydrogen-bond acceptors (Lipinski definition) is 4. The lowest BCUT2D eigenvalue weighted by Crippen LogP contribution is -2.16. The second kappa shape index (κ2) is 1.93. The second-order valence-electron chi connectivity index (χ2n) is 1.67. The normalized spacial score (nSPS) is 17.0. The fourth-order valence-electron chi connectivity index (χ4n) is 0.573. The quantitative estimate of drug-likeness (QED) is 0.389. The van der Waals surface area contributed by atoms with Gasteiger partial charge in [-0.05, 0) is 4.92 Å². The molecule has 0 bridgehead atoms. The highest BCUT2D eigenvalue weighted by molar-refractivity contribution is 4.99. The summed E-state index contributed by atoms with van der Waals surface area (Å²) in [5.74, 6) is 0.0648. The van der Waals surface area contributed by atoms with Crippen molar-refractivity contribution in [1.29, 1.82) is 0 Å². The van der Waals surface area contributed by atoms with Gasteiger partial charge in [-0.25, -0.2) is 4.90 Å². The summed E-state index contributed by atoms with van der Waals surface area (Å²) in [5, 5.41) is 12.6. The highest BCUT2D eigenvalue weighted by atomic mass is 16.6. The molecule has 0 saturated heterocycles. The van der Waals surface area contributed by atoms with Gasteiger partial charge in [0.1, 0.15) is 0 Å². The van der Waals surface area contributed by atoms with Gasteiger partial charge < -0.3 is 15.4 Å². The topological polar surface area (TPSA) is 58.4 Å². The minimum atomic E-state index is -0.448. The van der Waals surface area contributed by atoms with Crippen molar-refractivity contribution in [3.8, 4) is 0 Å². The lowest BCUT2D eigenvalue weighted by Gasteiger charge is -2.02. The molecule has 0 atom stereocenters. The number of nitrogens with zero attached hydrogens (tertiary/aromatic N) is 2. The predicted octanol–water partition coefficient (Wildman–Crippen LogP) is -0.284. The Bertz CT molecular complexity index is 165. The Hall–Kier alpha value is -1.26. The molecule has 0 saturated carbocycles. The van der Waals surface area contributed by atoms with Gasteiger partial charge in [0.25, 0.3) is 0 Å². The van der Waals surface area contributed by atoms with E-state index in [1.165, 1.54) is 17.8 Å². The van der Waals surface area contributed by atoms with Crippen molar-refractivity contribution < 1.29 is 4.92 Å². The molecule has 0 aliphatic carbocycles. The van der Waals surface area contributed by atoms with Crippen molar-refractivity contribution >= 4 is 0 Å². The molecule has 1 aliphatic rings. The van der Waals surface area contributed by atoms with Crippen molar-refractivity contribution in [1.82, 2.24) is 10.2 Å². The van der Waals surface area contributed by atoms with Crippen molar-refractivity contribution in [3.63, 3.8) is 0 Å². The van der Waals surface area contributed by atoms with Gasteiger partial charge in [0.05, 0.1) is 13.2 Å². The van der Waals surface area contributed by atoms with Crippen LogP contribution < -0.4 is 5.32 Å². The molecular formula is C4H6N3O2. The van der Waals surface area contributed by atoms with Crippen LogP contribution in [-0.2, 0) is 0 Å². The molecule has 1 aliphatic heterocycles. The zero-order valence-electron chi connectivity index (χ0n) is 4.87. The second-order valence-corrected chi connectivity index (χ2v) is 1.67. The first-order valence-electron chi connectivity index (χ1n) is 2.38. The van der Waals surface area contributed by atoms with E-state index in [1.807, 2.05) is 0 Å². The molecule has 1 rings (SSSR count). The van der Waals surface area contributed by atoms with Gasteiger partial charge in [-0.15, -0.1) is 0 Å². The summed E-state index contributed by atoms with van der Waals surface area (Å²) >= 11 is 0. The highest BCUT2D eigenvalue weighted by Gasteiger charge is 2.21. The van der Waals surface area contributed by atoms with Gasteiger partial charge in [-0.1, -0.05) is 0 Å². The highest BCUT2D eigenvalue weighted by Crippen LogP contribution is 2.06. The largest absolute Gasteiger partial charge is 0.358 e. The minimum absolute atomic E-state index is 0.0648. The SMILES string of the molecule is CN1[CH]NC=C1[N+](=O)[O-]. The van der Waals surface area contributed by atoms with Gasteiger partial charge in [-0.3, -0.25) is 0 Å². The van der Waals surface area contributed by atoms with E-state index in [9.17, 15) is 10.1 Å². The third-order valence-electron chi connectivity index (χ3n) is 1.03. The maximum Gasteiger partial charge on any atom is 0.335 e. The summed E-state index contributed by atoms with van der Waals surface area (Å²) in [6, 6.07) is 0. The average molecular weight is 128 g/mol. The van der Waals surface area contributed by atoms with Crippen LogP contribution in [0.15, 0.2) is 12.0 Å². The third-order valence-corrected chi connectivity index (χ3v) is 1.03. The maximum absolute atomic E-state index is 10.0. The monoisotopic (exact) mass is 128 g/mol. The van der Waals surface area contributed by atoms with E-state index in [2.05, 4.69) is 5.32 Å². The number of rotatable bonds is 1. The van der Waals surface area contributed by atoms with E-state index in [0.717, 1.165) is 0 Å². The molecule has 9 heavy (non-hydrogen) atoms. The Labute approximate surface area is 52.1 Å². The van der Waals surface area contributed by atoms with Crippen molar-refractivity contribution in [2.75, 3.05) is 7.05 Å². The van der Waals surface area contributed by atoms with E-state index in [4.69, 9.17) is 0 Å². The molecule has 0 fully saturated rings. The summed E-state index contributed by atoms with van der Waals surface area (Å²) in [6.45, 7) is 1.51. The van der Waals surface area contributed by atoms with Gasteiger partial charge in [0.15, 0.2) is 0 Å². The molecule has 0 aromatic carbocycles. The number of nitro groups is 1. The van der Waals surface area contributed by atoms with Crippen LogP contribution in [0.2, 0.25) is 0 Å². The van der Waals surface area contributed by atoms with Crippen molar-refractivity contribution in [2.24, 2.45) is 0 Å². The van der Waals surface area contributed by atoms with Crippen LogP contribution >= 0.6 is 0 Å². The number of nitrogens with one attached hydrogen (secondary N) is 1. The van der Waals surface area contributed by atoms with Crippen LogP contribution in [0.3, 0.4) is 0 Å². The van der Waals surface area contributed by atoms with Gasteiger partial charge in [0.2, 0.25) is 6.67 Å². The summed E-state index contributed by atoms with van der Waals surface area (Å²) in [5.41, 5.74) is 0. The Morgan fingerprint density at radius 1 is 1.89 bits per heavy atom. The smallest absolute Gasteiger partial charge is 0.335 e. The molecular weight excluding hydrogens is 122 g/mol. The number of hydrogen-bond donors (Lipinski definition) is 1. The van der Waals surface area contributed by atoms with Crippen LogP contribution in [0, 0.1) is 16.8 Å². The Morgan fingerprint density at radius 3 is 2.78 bits per heavy atom. The lowest BCUT2D eigenvalue weighted by molar-refractivity contribution is -0.442. The zero-order chi connectivity index (χ0) is 6.85. The summed E-state index contributed by atoms with van der Waals surface area (Å²) in [4.78, 5) is 11.0. The molecule has 0 aromatic rings. The zero-order valence-corrected chi connectivity index (χ0v) is 4.87. The van der Waals surface area contributed by atoms with Crippen LogP contribution in [0.4, 0.5) is 0 Å². The average Bonchev–Trinajstić information content (AvgIpc) is 2.13. The molecule has 0 unspecified atom stereocenters. The molecule has 0 amide bonds. The predicted molar refractivity (Wildman–Crippen MR) is 30.3 cm³/mol. The van der Waals surface area contributed by atoms with Gasteiger partial charge in [-0.2, -0.15) is 0 Å². The van der Waals surface area contributed by atoms with E-state index in [-0.39, 0.29) is 5.82 Å². The first-order valence-corrected chi connectivity index (χ1v) is 2.38. The Balaban J connectivity index is 2.68. The fourth-order valence-corrected chi connectivity index (χ4v) is 0.573. The van der Waals surface area contributed by atoms with Crippen LogP contribution in [-0.4, -0.2) is 16.9 Å². The summed E-state index contributed by atoms with van der Waals surface area (Å²) < 4.78 is 0. The van der Waals surface area contributed by atoms with Crippen LogP contribution in [0.5, 0.6) is 0 Å². The first-order chi connectivity index (χ1) is 4.22. The van der Waals surface area contributed by atoms with E-state index in [1.54, 1.807) is 7.05 Å². The molecule has 1 N–H and O–H groups in total. The first kappa shape index (κ1) is 5.87. The van der Waals surface area contributed by atoms with Crippen LogP contribution in [0.1, 0.15) is 0 Å². The third kappa shape index (κ3) is 0.933. The fraction of sp³-hybridized carbons (Fsp3) is 0.250. The van der Waals surface area contributed by atoms with Crippen molar-refractivity contribution in [2.45, 2.75) is 0 Å². The maximum atomic E-state index is 10.0.